The Morgan fingerprint density at radius 1 is 1.35 bits per heavy atom. The summed E-state index contributed by atoms with van der Waals surface area (Å²) in [5.74, 6) is 5.91. The van der Waals surface area contributed by atoms with Gasteiger partial charge in [-0.3, -0.25) is 4.79 Å². The molecule has 0 unspecified atom stereocenters. The van der Waals surface area contributed by atoms with E-state index in [0.717, 1.165) is 5.56 Å². The van der Waals surface area contributed by atoms with Crippen molar-refractivity contribution in [2.75, 3.05) is 6.61 Å². The second kappa shape index (κ2) is 7.07. The largest absolute Gasteiger partial charge is 0.395 e. The number of rotatable bonds is 4. The molecular weight excluding hydrogens is 258 g/mol. The summed E-state index contributed by atoms with van der Waals surface area (Å²) in [4.78, 5) is 15.7. The monoisotopic (exact) mass is 271 g/mol. The first-order valence-corrected chi connectivity index (χ1v) is 6.03. The lowest BCUT2D eigenvalue weighted by atomic mass is 10.1. The number of nitrogens with one attached hydrogen (secondary N) is 1. The van der Waals surface area contributed by atoms with Crippen molar-refractivity contribution in [3.63, 3.8) is 0 Å². The minimum absolute atomic E-state index is 0.0452. The van der Waals surface area contributed by atoms with Gasteiger partial charge in [0.1, 0.15) is 0 Å². The number of carbonyl (C=O) groups excluding carboxylic acids is 1. The molecule has 0 fully saturated rings. The van der Waals surface area contributed by atoms with E-state index in [4.69, 9.17) is 5.11 Å². The van der Waals surface area contributed by atoms with Crippen LogP contribution in [0.5, 0.6) is 0 Å². The van der Waals surface area contributed by atoms with E-state index in [0.29, 0.717) is 17.8 Å². The van der Waals surface area contributed by atoms with Crippen LogP contribution in [0, 0.1) is 11.8 Å². The minimum Gasteiger partial charge on any atom is -0.395 e. The molecule has 0 saturated carbocycles. The average molecular weight is 271 g/mol. The minimum atomic E-state index is -0.218. The van der Waals surface area contributed by atoms with Crippen LogP contribution in [0.25, 0.3) is 0 Å². The summed E-state index contributed by atoms with van der Waals surface area (Å²) in [5.41, 5.74) is 1.33. The lowest BCUT2D eigenvalue weighted by molar-refractivity contribution is 0.0949. The van der Waals surface area contributed by atoms with Crippen molar-refractivity contribution in [2.45, 2.75) is 13.0 Å². The van der Waals surface area contributed by atoms with E-state index in [1.807, 2.05) is 0 Å². The summed E-state index contributed by atoms with van der Waals surface area (Å²) in [6, 6.07) is 6.89. The van der Waals surface area contributed by atoms with Crippen LogP contribution in [-0.2, 0) is 6.54 Å². The molecule has 102 valence electrons. The van der Waals surface area contributed by atoms with Gasteiger partial charge in [0.25, 0.3) is 5.91 Å². The predicted molar refractivity (Wildman–Crippen MR) is 70.5 cm³/mol. The average Bonchev–Trinajstić information content (AvgIpc) is 2.99. The van der Waals surface area contributed by atoms with Gasteiger partial charge in [-0.25, -0.2) is 0 Å². The van der Waals surface area contributed by atoms with E-state index in [9.17, 15) is 4.79 Å². The molecule has 0 bridgehead atoms. The molecule has 1 aromatic heterocycles. The zero-order valence-corrected chi connectivity index (χ0v) is 10.7. The first kappa shape index (κ1) is 13.8. The highest BCUT2D eigenvalue weighted by Gasteiger charge is 2.06. The van der Waals surface area contributed by atoms with Gasteiger partial charge in [0.05, 0.1) is 13.2 Å². The Bertz CT molecular complexity index is 609. The SMILES string of the molecule is O=C(NCc1ncon1)c1ccc(C#CCCO)cc1. The van der Waals surface area contributed by atoms with Gasteiger partial charge in [-0.15, -0.1) is 0 Å². The number of aliphatic hydroxyl groups is 1. The summed E-state index contributed by atoms with van der Waals surface area (Å²) in [5, 5.41) is 14.9. The number of nitrogens with zero attached hydrogens (tertiary/aromatic N) is 2. The van der Waals surface area contributed by atoms with E-state index in [2.05, 4.69) is 31.8 Å². The maximum absolute atomic E-state index is 11.8. The molecule has 2 aromatic rings. The Kier molecular flexibility index (Phi) is 4.87. The summed E-state index contributed by atoms with van der Waals surface area (Å²) in [6.07, 6.45) is 1.65. The highest BCUT2D eigenvalue weighted by molar-refractivity contribution is 5.94. The van der Waals surface area contributed by atoms with Gasteiger partial charge in [0.2, 0.25) is 6.39 Å². The van der Waals surface area contributed by atoms with E-state index in [-0.39, 0.29) is 19.1 Å². The zero-order valence-electron chi connectivity index (χ0n) is 10.7. The van der Waals surface area contributed by atoms with Crippen molar-refractivity contribution in [2.24, 2.45) is 0 Å². The van der Waals surface area contributed by atoms with Crippen LogP contribution in [0.1, 0.15) is 28.2 Å². The zero-order chi connectivity index (χ0) is 14.2. The highest BCUT2D eigenvalue weighted by atomic mass is 16.5. The molecule has 1 amide bonds. The maximum atomic E-state index is 11.8. The number of amides is 1. The van der Waals surface area contributed by atoms with Gasteiger partial charge >= 0.3 is 0 Å². The first-order valence-electron chi connectivity index (χ1n) is 6.03. The molecule has 0 saturated heterocycles. The second-order valence-corrected chi connectivity index (χ2v) is 3.88. The van der Waals surface area contributed by atoms with E-state index in [1.54, 1.807) is 24.3 Å². The van der Waals surface area contributed by atoms with Crippen molar-refractivity contribution < 1.29 is 14.4 Å². The Hall–Kier alpha value is -2.65. The molecule has 6 heteroatoms. The molecule has 0 aliphatic rings. The quantitative estimate of drug-likeness (QED) is 0.800. The van der Waals surface area contributed by atoms with Crippen LogP contribution in [0.15, 0.2) is 35.2 Å². The fourth-order valence-corrected chi connectivity index (χ4v) is 1.46. The van der Waals surface area contributed by atoms with Gasteiger partial charge < -0.3 is 14.9 Å². The molecule has 0 aliphatic carbocycles. The summed E-state index contributed by atoms with van der Waals surface area (Å²) >= 11 is 0. The third-order valence-corrected chi connectivity index (χ3v) is 2.43. The number of hydrogen-bond donors (Lipinski definition) is 2. The van der Waals surface area contributed by atoms with Gasteiger partial charge in [0.15, 0.2) is 5.82 Å². The predicted octanol–water partition coefficient (Wildman–Crippen LogP) is 0.734. The van der Waals surface area contributed by atoms with Crippen LogP contribution in [0.2, 0.25) is 0 Å². The fourth-order valence-electron chi connectivity index (χ4n) is 1.46. The number of carbonyl (C=O) groups is 1. The molecule has 2 N–H and O–H groups in total. The van der Waals surface area contributed by atoms with E-state index >= 15 is 0 Å². The van der Waals surface area contributed by atoms with Crippen LogP contribution < -0.4 is 5.32 Å². The number of aromatic nitrogens is 2. The van der Waals surface area contributed by atoms with Crippen LogP contribution in [0.4, 0.5) is 0 Å². The van der Waals surface area contributed by atoms with Gasteiger partial charge in [-0.05, 0) is 24.3 Å². The molecule has 0 radical (unpaired) electrons. The summed E-state index contributed by atoms with van der Waals surface area (Å²) < 4.78 is 4.57. The van der Waals surface area contributed by atoms with Crippen molar-refractivity contribution in [1.82, 2.24) is 15.5 Å². The van der Waals surface area contributed by atoms with Gasteiger partial charge in [-0.2, -0.15) is 4.98 Å². The first-order chi connectivity index (χ1) is 9.79. The Morgan fingerprint density at radius 3 is 2.80 bits per heavy atom. The number of benzene rings is 1. The van der Waals surface area contributed by atoms with Gasteiger partial charge in [0, 0.05) is 17.5 Å². The van der Waals surface area contributed by atoms with Crippen molar-refractivity contribution in [3.8, 4) is 11.8 Å². The molecule has 0 spiro atoms. The highest BCUT2D eigenvalue weighted by Crippen LogP contribution is 2.03. The molecule has 2 rings (SSSR count). The maximum Gasteiger partial charge on any atom is 0.251 e. The summed E-state index contributed by atoms with van der Waals surface area (Å²) in [7, 11) is 0. The summed E-state index contributed by atoms with van der Waals surface area (Å²) in [6.45, 7) is 0.261. The molecule has 0 aliphatic heterocycles. The topological polar surface area (TPSA) is 88.3 Å². The van der Waals surface area contributed by atoms with Crippen LogP contribution in [0.3, 0.4) is 0 Å². The Balaban J connectivity index is 1.92. The van der Waals surface area contributed by atoms with Crippen LogP contribution in [-0.4, -0.2) is 27.8 Å². The Labute approximate surface area is 115 Å². The van der Waals surface area contributed by atoms with E-state index in [1.165, 1.54) is 6.39 Å². The molecular formula is C14H13N3O3. The lowest BCUT2D eigenvalue weighted by Gasteiger charge is -2.02. The van der Waals surface area contributed by atoms with Crippen LogP contribution >= 0.6 is 0 Å². The molecule has 6 nitrogen and oxygen atoms in total. The van der Waals surface area contributed by atoms with E-state index < -0.39 is 0 Å². The Morgan fingerprint density at radius 2 is 2.15 bits per heavy atom. The normalized spacial score (nSPS) is 9.65. The van der Waals surface area contributed by atoms with Crippen molar-refractivity contribution >= 4 is 5.91 Å². The smallest absolute Gasteiger partial charge is 0.251 e. The van der Waals surface area contributed by atoms with Gasteiger partial charge in [-0.1, -0.05) is 17.0 Å². The molecule has 1 aromatic carbocycles. The number of hydrogen-bond acceptors (Lipinski definition) is 5. The number of aliphatic hydroxyl groups excluding tert-OH is 1. The lowest BCUT2D eigenvalue weighted by Crippen LogP contribution is -2.23. The van der Waals surface area contributed by atoms with Crippen molar-refractivity contribution in [1.29, 1.82) is 0 Å². The molecule has 1 heterocycles. The third-order valence-electron chi connectivity index (χ3n) is 2.43. The van der Waals surface area contributed by atoms with Crippen molar-refractivity contribution in [3.05, 3.63) is 47.6 Å². The standard InChI is InChI=1S/C14H13N3O3/c18-8-2-1-3-11-4-6-12(7-5-11)14(19)15-9-13-16-10-20-17-13/h4-7,10,18H,2,8-9H2,(H,15,19). The third kappa shape index (κ3) is 3.93. The second-order valence-electron chi connectivity index (χ2n) is 3.88. The molecule has 20 heavy (non-hydrogen) atoms. The fraction of sp³-hybridized carbons (Fsp3) is 0.214. The molecule has 0 atom stereocenters.